The Morgan fingerprint density at radius 1 is 1.15 bits per heavy atom. The molecule has 208 valence electrons. The Morgan fingerprint density at radius 2 is 1.82 bits per heavy atom. The number of amides is 2. The van der Waals surface area contributed by atoms with E-state index in [9.17, 15) is 19.5 Å². The summed E-state index contributed by atoms with van der Waals surface area (Å²) in [5.41, 5.74) is 1.26. The highest BCUT2D eigenvalue weighted by Crippen LogP contribution is 2.65. The van der Waals surface area contributed by atoms with Crippen molar-refractivity contribution >= 4 is 23.5 Å². The van der Waals surface area contributed by atoms with E-state index in [1.54, 1.807) is 6.92 Å². The highest BCUT2D eigenvalue weighted by Gasteiger charge is 2.80. The lowest BCUT2D eigenvalue weighted by molar-refractivity contribution is -0.161. The molecule has 39 heavy (non-hydrogen) atoms. The Kier molecular flexibility index (Phi) is 7.06. The maximum absolute atomic E-state index is 14.4. The molecule has 3 saturated heterocycles. The van der Waals surface area contributed by atoms with Gasteiger partial charge in [-0.3, -0.25) is 14.4 Å². The monoisotopic (exact) mass is 534 g/mol. The van der Waals surface area contributed by atoms with Gasteiger partial charge >= 0.3 is 5.97 Å². The number of fused-ring (bicyclic) bond motifs is 1. The van der Waals surface area contributed by atoms with Crippen molar-refractivity contribution in [1.82, 2.24) is 4.90 Å². The van der Waals surface area contributed by atoms with Gasteiger partial charge in [0, 0.05) is 5.69 Å². The minimum Gasteiger partial charge on any atom is -0.466 e. The number of benzene rings is 2. The maximum Gasteiger partial charge on any atom is 0.312 e. The quantitative estimate of drug-likeness (QED) is 0.503. The van der Waals surface area contributed by atoms with Gasteiger partial charge in [0.1, 0.15) is 17.6 Å². The first kappa shape index (κ1) is 27.3. The second-order valence-electron chi connectivity index (χ2n) is 11.5. The van der Waals surface area contributed by atoms with Crippen LogP contribution in [0.4, 0.5) is 5.69 Å². The molecule has 2 N–H and O–H groups in total. The minimum atomic E-state index is -1.21. The average molecular weight is 535 g/mol. The predicted octanol–water partition coefficient (Wildman–Crippen LogP) is 3.42. The number of aliphatic hydroxyl groups is 1. The van der Waals surface area contributed by atoms with Gasteiger partial charge in [0.25, 0.3) is 0 Å². The largest absolute Gasteiger partial charge is 0.466 e. The lowest BCUT2D eigenvalue weighted by Crippen LogP contribution is -2.57. The first-order valence-electron chi connectivity index (χ1n) is 13.8. The van der Waals surface area contributed by atoms with Crippen molar-refractivity contribution in [3.8, 4) is 0 Å². The van der Waals surface area contributed by atoms with Crippen LogP contribution in [0.5, 0.6) is 0 Å². The fourth-order valence-corrected chi connectivity index (χ4v) is 7.30. The minimum absolute atomic E-state index is 0.0897. The number of ether oxygens (including phenoxy) is 2. The van der Waals surface area contributed by atoms with Gasteiger partial charge in [0.05, 0.1) is 30.8 Å². The molecule has 3 heterocycles. The molecule has 2 amide bonds. The van der Waals surface area contributed by atoms with Gasteiger partial charge < -0.3 is 24.8 Å². The Labute approximate surface area is 229 Å². The summed E-state index contributed by atoms with van der Waals surface area (Å²) >= 11 is 0. The maximum atomic E-state index is 14.4. The fourth-order valence-electron chi connectivity index (χ4n) is 7.30. The van der Waals surface area contributed by atoms with Gasteiger partial charge in [-0.2, -0.15) is 0 Å². The molecule has 8 heteroatoms. The summed E-state index contributed by atoms with van der Waals surface area (Å²) in [6.45, 7) is 9.28. The Morgan fingerprint density at radius 3 is 2.44 bits per heavy atom. The highest BCUT2D eigenvalue weighted by atomic mass is 16.6. The van der Waals surface area contributed by atoms with Crippen molar-refractivity contribution in [2.45, 2.75) is 70.7 Å². The van der Waals surface area contributed by atoms with Crippen molar-refractivity contribution in [3.05, 3.63) is 65.2 Å². The molecule has 3 aliphatic rings. The zero-order valence-electron chi connectivity index (χ0n) is 23.3. The number of carbonyl (C=O) groups excluding carboxylic acids is 3. The van der Waals surface area contributed by atoms with E-state index in [1.165, 1.54) is 4.90 Å². The molecule has 8 nitrogen and oxygen atoms in total. The van der Waals surface area contributed by atoms with E-state index >= 15 is 0 Å². The van der Waals surface area contributed by atoms with Crippen molar-refractivity contribution in [2.75, 3.05) is 18.5 Å². The van der Waals surface area contributed by atoms with Gasteiger partial charge in [-0.1, -0.05) is 55.5 Å². The number of esters is 1. The smallest absolute Gasteiger partial charge is 0.312 e. The number of hydrogen-bond donors (Lipinski definition) is 2. The first-order chi connectivity index (χ1) is 18.6. The number of aliphatic hydroxyl groups excluding tert-OH is 1. The van der Waals surface area contributed by atoms with Gasteiger partial charge in [0.15, 0.2) is 0 Å². The van der Waals surface area contributed by atoms with Crippen molar-refractivity contribution < 1.29 is 29.0 Å². The fraction of sp³-hybridized carbons (Fsp3) is 0.516. The molecule has 1 spiro atoms. The van der Waals surface area contributed by atoms with Crippen LogP contribution in [0.3, 0.4) is 0 Å². The van der Waals surface area contributed by atoms with E-state index in [0.29, 0.717) is 18.5 Å². The van der Waals surface area contributed by atoms with Crippen LogP contribution < -0.4 is 5.32 Å². The normalized spacial score (nSPS) is 31.7. The summed E-state index contributed by atoms with van der Waals surface area (Å²) in [5.74, 6) is -3.02. The zero-order valence-corrected chi connectivity index (χ0v) is 23.3. The number of para-hydroxylation sites is 1. The molecule has 2 bridgehead atoms. The van der Waals surface area contributed by atoms with Crippen LogP contribution in [-0.2, 0) is 30.3 Å². The van der Waals surface area contributed by atoms with Gasteiger partial charge in [0.2, 0.25) is 11.8 Å². The molecule has 5 rings (SSSR count). The van der Waals surface area contributed by atoms with E-state index in [1.807, 2.05) is 76.2 Å². The molecular weight excluding hydrogens is 496 g/mol. The second kappa shape index (κ2) is 10.1. The van der Waals surface area contributed by atoms with E-state index in [0.717, 1.165) is 16.7 Å². The molecule has 7 atom stereocenters. The van der Waals surface area contributed by atoms with Crippen molar-refractivity contribution in [1.29, 1.82) is 0 Å². The van der Waals surface area contributed by atoms with Gasteiger partial charge in [-0.25, -0.2) is 0 Å². The third-order valence-electron chi connectivity index (χ3n) is 9.19. The summed E-state index contributed by atoms with van der Waals surface area (Å²) < 4.78 is 12.2. The summed E-state index contributed by atoms with van der Waals surface area (Å²) in [6.07, 6.45) is 0.802. The van der Waals surface area contributed by atoms with Crippen LogP contribution in [0.15, 0.2) is 48.5 Å². The molecule has 3 unspecified atom stereocenters. The van der Waals surface area contributed by atoms with Crippen LogP contribution >= 0.6 is 0 Å². The number of carbonyl (C=O) groups is 3. The van der Waals surface area contributed by atoms with Crippen LogP contribution in [0.1, 0.15) is 43.9 Å². The summed E-state index contributed by atoms with van der Waals surface area (Å²) in [7, 11) is 0. The third kappa shape index (κ3) is 4.16. The number of hydrogen-bond acceptors (Lipinski definition) is 6. The van der Waals surface area contributed by atoms with E-state index in [-0.39, 0.29) is 30.9 Å². The SMILES string of the molecule is CCOC(=O)[C@@H]1[C@H]2C(=O)N([C@@H](CO)Cc3ccccc3)C(C(=O)Nc3c(C)cccc3C)C23CC(C)[C@@]1(C)O3. The van der Waals surface area contributed by atoms with E-state index in [4.69, 9.17) is 9.47 Å². The number of aryl methyl sites for hydroxylation is 2. The van der Waals surface area contributed by atoms with E-state index < -0.39 is 41.1 Å². The highest BCUT2D eigenvalue weighted by molar-refractivity contribution is 6.04. The Hall–Kier alpha value is -3.23. The molecule has 0 aliphatic carbocycles. The van der Waals surface area contributed by atoms with Crippen molar-refractivity contribution in [2.24, 2.45) is 17.8 Å². The van der Waals surface area contributed by atoms with Crippen LogP contribution in [0.2, 0.25) is 0 Å². The van der Waals surface area contributed by atoms with E-state index in [2.05, 4.69) is 5.32 Å². The molecule has 0 radical (unpaired) electrons. The molecule has 3 aliphatic heterocycles. The molecule has 2 aromatic carbocycles. The molecular formula is C31H38N2O6. The number of nitrogens with zero attached hydrogens (tertiary/aromatic N) is 1. The number of nitrogens with one attached hydrogen (secondary N) is 1. The van der Waals surface area contributed by atoms with Crippen LogP contribution in [0, 0.1) is 31.6 Å². The molecule has 0 saturated carbocycles. The lowest BCUT2D eigenvalue weighted by atomic mass is 9.62. The molecule has 3 fully saturated rings. The molecule has 2 aromatic rings. The van der Waals surface area contributed by atoms with Crippen LogP contribution in [0.25, 0.3) is 0 Å². The van der Waals surface area contributed by atoms with Gasteiger partial charge in [-0.05, 0) is 63.1 Å². The zero-order chi connectivity index (χ0) is 28.1. The number of rotatable bonds is 8. The average Bonchev–Trinajstić information content (AvgIpc) is 3.42. The third-order valence-corrected chi connectivity index (χ3v) is 9.19. The summed E-state index contributed by atoms with van der Waals surface area (Å²) in [5, 5.41) is 13.7. The van der Waals surface area contributed by atoms with Gasteiger partial charge in [-0.15, -0.1) is 0 Å². The summed E-state index contributed by atoms with van der Waals surface area (Å²) in [4.78, 5) is 43.5. The second-order valence-corrected chi connectivity index (χ2v) is 11.5. The predicted molar refractivity (Wildman–Crippen MR) is 146 cm³/mol. The lowest BCUT2D eigenvalue weighted by Gasteiger charge is -2.37. The molecule has 0 aromatic heterocycles. The topological polar surface area (TPSA) is 105 Å². The number of anilines is 1. The van der Waals surface area contributed by atoms with Crippen molar-refractivity contribution in [3.63, 3.8) is 0 Å². The first-order valence-corrected chi connectivity index (χ1v) is 13.8. The van der Waals surface area contributed by atoms with Crippen LogP contribution in [-0.4, -0.2) is 64.3 Å². The Balaban J connectivity index is 1.61. The number of likely N-dealkylation sites (tertiary alicyclic amines) is 1. The summed E-state index contributed by atoms with van der Waals surface area (Å²) in [6, 6.07) is 13.6. The standard InChI is InChI=1S/C31H38N2O6/c1-6-38-29(37)24-23-28(36)33(22(17-34)15-21-13-8-7-9-14-21)26(31(23)16-20(4)30(24,5)39-31)27(35)32-25-18(2)11-10-12-19(25)3/h7-14,20,22-24,26,34H,6,15-17H2,1-5H3,(H,32,35)/t20?,22-,23+,24+,26?,30-,31?/m1/s1. The Bertz CT molecular complexity index is 1260.